The molecule has 184 valence electrons. The minimum Gasteiger partial charge on any atom is -0.485 e. The zero-order chi connectivity index (χ0) is 25.1. The summed E-state index contributed by atoms with van der Waals surface area (Å²) in [6.07, 6.45) is -1.05. The summed E-state index contributed by atoms with van der Waals surface area (Å²) < 4.78 is 11.7. The Morgan fingerprint density at radius 2 is 0.970 bits per heavy atom. The number of hydrogen-bond donors (Lipinski definition) is 2. The van der Waals surface area contributed by atoms with Gasteiger partial charge in [-0.1, -0.05) is 74.1 Å². The van der Waals surface area contributed by atoms with Crippen molar-refractivity contribution < 1.29 is 19.7 Å². The van der Waals surface area contributed by atoms with Gasteiger partial charge in [0.05, 0.1) is 32.3 Å². The molecule has 0 saturated carbocycles. The zero-order valence-corrected chi connectivity index (χ0v) is 22.8. The number of rotatable bonds is 10. The molecule has 4 atom stereocenters. The largest absolute Gasteiger partial charge is 0.485 e. The van der Waals surface area contributed by atoms with Crippen LogP contribution in [-0.2, 0) is 5.41 Å². The average molecular weight is 538 g/mol. The second-order valence-electron chi connectivity index (χ2n) is 8.76. The van der Waals surface area contributed by atoms with Crippen molar-refractivity contribution >= 4 is 46.4 Å². The van der Waals surface area contributed by atoms with Gasteiger partial charge >= 0.3 is 0 Å². The van der Waals surface area contributed by atoms with E-state index in [4.69, 9.17) is 55.9 Å². The summed E-state index contributed by atoms with van der Waals surface area (Å²) in [5.74, 6) is 0.669. The molecule has 0 amide bonds. The van der Waals surface area contributed by atoms with Crippen LogP contribution in [0.4, 0.5) is 0 Å². The second kappa shape index (κ2) is 11.7. The first-order valence-corrected chi connectivity index (χ1v) is 12.5. The van der Waals surface area contributed by atoms with Crippen LogP contribution in [0.1, 0.15) is 65.5 Å². The second-order valence-corrected chi connectivity index (χ2v) is 10.4. The number of halogens is 4. The summed E-state index contributed by atoms with van der Waals surface area (Å²) in [7, 11) is 0. The van der Waals surface area contributed by atoms with Crippen molar-refractivity contribution in [2.24, 2.45) is 0 Å². The zero-order valence-electron chi connectivity index (χ0n) is 19.8. The van der Waals surface area contributed by atoms with E-state index >= 15 is 0 Å². The fourth-order valence-electron chi connectivity index (χ4n) is 3.43. The fraction of sp³-hybridized carbons (Fsp3) is 0.520. The van der Waals surface area contributed by atoms with Crippen LogP contribution in [0.25, 0.3) is 0 Å². The van der Waals surface area contributed by atoms with E-state index in [1.54, 1.807) is 38.1 Å². The molecule has 0 aromatic heterocycles. The molecule has 2 N–H and O–H groups in total. The van der Waals surface area contributed by atoms with Crippen molar-refractivity contribution in [2.75, 3.05) is 0 Å². The molecule has 0 heterocycles. The number of ether oxygens (including phenoxy) is 2. The van der Waals surface area contributed by atoms with E-state index in [9.17, 15) is 10.2 Å². The molecule has 2 aromatic carbocycles. The number of benzene rings is 2. The molecule has 4 unspecified atom stereocenters. The monoisotopic (exact) mass is 536 g/mol. The average Bonchev–Trinajstić information content (AvgIpc) is 2.76. The molecule has 0 radical (unpaired) electrons. The SMILES string of the molecule is CCC(O)C(C)Oc1c(Cl)cc(C(C)(C)c2cc(Cl)c(OC(C)C(O)CC)c(Cl)c2)cc1Cl. The lowest BCUT2D eigenvalue weighted by Gasteiger charge is -2.29. The van der Waals surface area contributed by atoms with Gasteiger partial charge in [0.2, 0.25) is 0 Å². The highest BCUT2D eigenvalue weighted by Crippen LogP contribution is 2.44. The molecule has 33 heavy (non-hydrogen) atoms. The highest BCUT2D eigenvalue weighted by molar-refractivity contribution is 6.38. The Morgan fingerprint density at radius 1 is 0.697 bits per heavy atom. The van der Waals surface area contributed by atoms with E-state index in [2.05, 4.69) is 0 Å². The van der Waals surface area contributed by atoms with Crippen molar-refractivity contribution in [3.63, 3.8) is 0 Å². The van der Waals surface area contributed by atoms with E-state index < -0.39 is 29.8 Å². The molecule has 0 aliphatic rings. The van der Waals surface area contributed by atoms with E-state index in [0.717, 1.165) is 11.1 Å². The topological polar surface area (TPSA) is 58.9 Å². The maximum atomic E-state index is 10.0. The Bertz CT molecular complexity index is 842. The van der Waals surface area contributed by atoms with Crippen molar-refractivity contribution in [3.8, 4) is 11.5 Å². The van der Waals surface area contributed by atoms with Crippen LogP contribution in [-0.4, -0.2) is 34.6 Å². The van der Waals surface area contributed by atoms with E-state index in [-0.39, 0.29) is 0 Å². The molecule has 2 rings (SSSR count). The van der Waals surface area contributed by atoms with Gasteiger partial charge < -0.3 is 19.7 Å². The van der Waals surface area contributed by atoms with Crippen molar-refractivity contribution in [1.82, 2.24) is 0 Å². The van der Waals surface area contributed by atoms with Crippen LogP contribution in [0.3, 0.4) is 0 Å². The molecule has 4 nitrogen and oxygen atoms in total. The molecular weight excluding hydrogens is 506 g/mol. The molecule has 0 spiro atoms. The van der Waals surface area contributed by atoms with Gasteiger partial charge in [-0.15, -0.1) is 0 Å². The number of aliphatic hydroxyl groups excluding tert-OH is 2. The van der Waals surface area contributed by atoms with Gasteiger partial charge in [-0.2, -0.15) is 0 Å². The molecule has 0 aliphatic heterocycles. The Kier molecular flexibility index (Phi) is 10.1. The summed E-state index contributed by atoms with van der Waals surface area (Å²) in [6, 6.07) is 7.17. The molecule has 0 bridgehead atoms. The summed E-state index contributed by atoms with van der Waals surface area (Å²) in [5, 5.41) is 21.4. The number of hydrogen-bond acceptors (Lipinski definition) is 4. The fourth-order valence-corrected chi connectivity index (χ4v) is 4.58. The van der Waals surface area contributed by atoms with Gasteiger partial charge in [-0.25, -0.2) is 0 Å². The lowest BCUT2D eigenvalue weighted by Crippen LogP contribution is -2.28. The number of aliphatic hydroxyl groups is 2. The van der Waals surface area contributed by atoms with Gasteiger partial charge in [-0.05, 0) is 62.1 Å². The van der Waals surface area contributed by atoms with Crippen LogP contribution < -0.4 is 9.47 Å². The smallest absolute Gasteiger partial charge is 0.157 e. The van der Waals surface area contributed by atoms with Crippen molar-refractivity contribution in [2.45, 2.75) is 84.2 Å². The van der Waals surface area contributed by atoms with Gasteiger partial charge in [0.1, 0.15) is 12.2 Å². The third kappa shape index (κ3) is 6.62. The Balaban J connectivity index is 2.39. The summed E-state index contributed by atoms with van der Waals surface area (Å²) >= 11 is 26.1. The van der Waals surface area contributed by atoms with E-state index in [1.165, 1.54) is 0 Å². The van der Waals surface area contributed by atoms with Gasteiger partial charge in [0, 0.05) is 5.41 Å². The van der Waals surface area contributed by atoms with Crippen LogP contribution in [0.2, 0.25) is 20.1 Å². The lowest BCUT2D eigenvalue weighted by atomic mass is 9.78. The van der Waals surface area contributed by atoms with Crippen LogP contribution in [0, 0.1) is 0 Å². The molecule has 0 fully saturated rings. The van der Waals surface area contributed by atoms with Crippen LogP contribution in [0.5, 0.6) is 11.5 Å². The summed E-state index contributed by atoms with van der Waals surface area (Å²) in [5.41, 5.74) is 1.12. The third-order valence-corrected chi connectivity index (χ3v) is 7.09. The predicted molar refractivity (Wildman–Crippen MR) is 138 cm³/mol. The Hall–Kier alpha value is -0.880. The third-order valence-electron chi connectivity index (χ3n) is 5.97. The van der Waals surface area contributed by atoms with E-state index in [0.29, 0.717) is 44.4 Å². The van der Waals surface area contributed by atoms with Gasteiger partial charge in [0.15, 0.2) is 11.5 Å². The molecule has 0 saturated heterocycles. The first-order chi connectivity index (χ1) is 15.3. The Morgan fingerprint density at radius 3 is 1.21 bits per heavy atom. The van der Waals surface area contributed by atoms with Gasteiger partial charge in [-0.3, -0.25) is 0 Å². The lowest BCUT2D eigenvalue weighted by molar-refractivity contribution is 0.0452. The molecule has 8 heteroatoms. The van der Waals surface area contributed by atoms with Gasteiger partial charge in [0.25, 0.3) is 0 Å². The van der Waals surface area contributed by atoms with Crippen molar-refractivity contribution in [3.05, 3.63) is 55.5 Å². The van der Waals surface area contributed by atoms with Crippen LogP contribution in [0.15, 0.2) is 24.3 Å². The predicted octanol–water partition coefficient (Wildman–Crippen LogP) is 7.70. The quantitative estimate of drug-likeness (QED) is 0.326. The first-order valence-electron chi connectivity index (χ1n) is 11.0. The van der Waals surface area contributed by atoms with Crippen LogP contribution >= 0.6 is 46.4 Å². The standard InChI is InChI=1S/C25H32Cl4O4/c1-7-21(30)13(3)32-23-17(26)9-15(10-18(23)27)25(5,6)16-11-19(28)24(20(29)12-16)33-14(4)22(31)8-2/h9-14,21-22,30-31H,7-8H2,1-6H3. The molecule has 0 aliphatic carbocycles. The Labute approximate surface area is 216 Å². The summed E-state index contributed by atoms with van der Waals surface area (Å²) in [4.78, 5) is 0. The first kappa shape index (κ1) is 28.4. The van der Waals surface area contributed by atoms with Crippen molar-refractivity contribution in [1.29, 1.82) is 0 Å². The highest BCUT2D eigenvalue weighted by Gasteiger charge is 2.29. The molecule has 2 aromatic rings. The minimum atomic E-state index is -0.626. The molecular formula is C25H32Cl4O4. The van der Waals surface area contributed by atoms with E-state index in [1.807, 2.05) is 27.7 Å². The normalized spacial score (nSPS) is 15.6. The maximum absolute atomic E-state index is 10.0. The summed E-state index contributed by atoms with van der Waals surface area (Å²) in [6.45, 7) is 11.3. The maximum Gasteiger partial charge on any atom is 0.157 e. The minimum absolute atomic E-state index is 0.334. The highest BCUT2D eigenvalue weighted by atomic mass is 35.5.